The van der Waals surface area contributed by atoms with E-state index in [1.165, 1.54) is 24.1 Å². The molecule has 3 aromatic rings. The molecule has 3 aliphatic rings. The molecule has 2 amide bonds. The van der Waals surface area contributed by atoms with Crippen LogP contribution in [0.1, 0.15) is 24.1 Å². The first-order valence-corrected chi connectivity index (χ1v) is 11.9. The van der Waals surface area contributed by atoms with Gasteiger partial charge in [-0.2, -0.15) is 13.2 Å². The van der Waals surface area contributed by atoms with Crippen molar-refractivity contribution in [2.24, 2.45) is 0 Å². The van der Waals surface area contributed by atoms with E-state index in [0.29, 0.717) is 12.1 Å². The van der Waals surface area contributed by atoms with E-state index in [1.807, 2.05) is 42.0 Å². The zero-order chi connectivity index (χ0) is 26.4. The molecule has 0 radical (unpaired) electrons. The Hall–Kier alpha value is -3.87. The van der Waals surface area contributed by atoms with Gasteiger partial charge >= 0.3 is 18.2 Å². The number of rotatable bonds is 2. The number of nitrogens with zero attached hydrogens (tertiary/aromatic N) is 5. The van der Waals surface area contributed by atoms with Crippen LogP contribution in [0.25, 0.3) is 5.65 Å². The summed E-state index contributed by atoms with van der Waals surface area (Å²) < 4.78 is 33.7. The van der Waals surface area contributed by atoms with Gasteiger partial charge in [0.25, 0.3) is 0 Å². The van der Waals surface area contributed by atoms with Gasteiger partial charge in [-0.1, -0.05) is 0 Å². The zero-order valence-electron chi connectivity index (χ0n) is 20.0. The van der Waals surface area contributed by atoms with Crippen LogP contribution in [-0.4, -0.2) is 69.4 Å². The topological polar surface area (TPSA) is 115 Å². The number of piperazine rings is 1. The number of amides is 2. The highest BCUT2D eigenvalue weighted by Crippen LogP contribution is 2.41. The molecule has 2 aliphatic heterocycles. The second-order valence-corrected chi connectivity index (χ2v) is 9.46. The number of urea groups is 1. The molecular weight excluding hydrogens is 491 g/mol. The fourth-order valence-corrected chi connectivity index (χ4v) is 4.80. The van der Waals surface area contributed by atoms with Gasteiger partial charge in [0.15, 0.2) is 0 Å². The molecular formula is C24H26F3N7O3. The monoisotopic (exact) mass is 517 g/mol. The molecule has 1 spiro atoms. The van der Waals surface area contributed by atoms with Crippen LogP contribution in [0.15, 0.2) is 36.8 Å². The first kappa shape index (κ1) is 24.8. The largest absolute Gasteiger partial charge is 0.490 e. The number of carboxylic acid groups (broad SMARTS) is 1. The Morgan fingerprint density at radius 2 is 1.92 bits per heavy atom. The minimum Gasteiger partial charge on any atom is -0.475 e. The number of imidazole rings is 1. The van der Waals surface area contributed by atoms with Crippen molar-refractivity contribution in [3.8, 4) is 0 Å². The predicted molar refractivity (Wildman–Crippen MR) is 130 cm³/mol. The van der Waals surface area contributed by atoms with E-state index >= 15 is 0 Å². The van der Waals surface area contributed by atoms with Crippen LogP contribution in [0.5, 0.6) is 0 Å². The van der Waals surface area contributed by atoms with Crippen molar-refractivity contribution in [1.29, 1.82) is 0 Å². The molecule has 0 bridgehead atoms. The quantitative estimate of drug-likeness (QED) is 0.478. The smallest absolute Gasteiger partial charge is 0.475 e. The van der Waals surface area contributed by atoms with Gasteiger partial charge in [0.2, 0.25) is 0 Å². The molecule has 1 saturated carbocycles. The summed E-state index contributed by atoms with van der Waals surface area (Å²) in [5, 5.41) is 13.8. The number of alkyl halides is 3. The number of hydrogen-bond acceptors (Lipinski definition) is 6. The maximum Gasteiger partial charge on any atom is 0.490 e. The number of halogens is 3. The van der Waals surface area contributed by atoms with E-state index < -0.39 is 12.1 Å². The van der Waals surface area contributed by atoms with Gasteiger partial charge in [-0.3, -0.25) is 4.90 Å². The van der Waals surface area contributed by atoms with Crippen LogP contribution >= 0.6 is 0 Å². The van der Waals surface area contributed by atoms with Crippen molar-refractivity contribution in [3.05, 3.63) is 48.0 Å². The van der Waals surface area contributed by atoms with Crippen molar-refractivity contribution in [1.82, 2.24) is 19.7 Å². The fraction of sp³-hybridized carbons (Fsp3) is 0.417. The average Bonchev–Trinajstić information content (AvgIpc) is 3.26. The molecule has 0 aromatic carbocycles. The van der Waals surface area contributed by atoms with Crippen LogP contribution in [0, 0.1) is 6.92 Å². The van der Waals surface area contributed by atoms with Gasteiger partial charge in [-0.05, 0) is 44.4 Å². The van der Waals surface area contributed by atoms with E-state index in [4.69, 9.17) is 9.90 Å². The molecule has 2 fully saturated rings. The maximum atomic E-state index is 13.0. The SMILES string of the molecule is Cc1cn2cc(NC(=O)N3CCc4c(N5CCNC6(CC6)C5)ccnc43)ccc2n1.O=C(O)C(F)(F)F. The fourth-order valence-electron chi connectivity index (χ4n) is 4.80. The van der Waals surface area contributed by atoms with Crippen molar-refractivity contribution >= 4 is 34.8 Å². The third-order valence-corrected chi connectivity index (χ3v) is 6.73. The van der Waals surface area contributed by atoms with Gasteiger partial charge < -0.3 is 25.0 Å². The summed E-state index contributed by atoms with van der Waals surface area (Å²) in [4.78, 5) is 35.2. The van der Waals surface area contributed by atoms with Crippen molar-refractivity contribution in [3.63, 3.8) is 0 Å². The molecule has 37 heavy (non-hydrogen) atoms. The molecule has 0 unspecified atom stereocenters. The van der Waals surface area contributed by atoms with Crippen LogP contribution in [0.2, 0.25) is 0 Å². The van der Waals surface area contributed by atoms with E-state index in [9.17, 15) is 18.0 Å². The summed E-state index contributed by atoms with van der Waals surface area (Å²) in [5.74, 6) is -1.97. The van der Waals surface area contributed by atoms with Crippen LogP contribution in [0.4, 0.5) is 35.2 Å². The summed E-state index contributed by atoms with van der Waals surface area (Å²) >= 11 is 0. The Balaban J connectivity index is 0.000000355. The minimum atomic E-state index is -5.08. The first-order valence-electron chi connectivity index (χ1n) is 11.9. The summed E-state index contributed by atoms with van der Waals surface area (Å²) in [7, 11) is 0. The Kier molecular flexibility index (Phi) is 6.18. The molecule has 5 heterocycles. The number of carbonyl (C=O) groups excluding carboxylic acids is 1. The predicted octanol–water partition coefficient (Wildman–Crippen LogP) is 3.21. The lowest BCUT2D eigenvalue weighted by molar-refractivity contribution is -0.192. The third-order valence-electron chi connectivity index (χ3n) is 6.73. The van der Waals surface area contributed by atoms with Gasteiger partial charge in [0.1, 0.15) is 11.5 Å². The molecule has 1 saturated heterocycles. The van der Waals surface area contributed by atoms with Crippen LogP contribution in [-0.2, 0) is 11.2 Å². The van der Waals surface area contributed by atoms with E-state index in [2.05, 4.69) is 31.6 Å². The first-order chi connectivity index (χ1) is 17.5. The summed E-state index contributed by atoms with van der Waals surface area (Å²) in [5.41, 5.74) is 5.29. The maximum absolute atomic E-state index is 13.0. The normalized spacial score (nSPS) is 17.8. The Bertz CT molecular complexity index is 1350. The van der Waals surface area contributed by atoms with Crippen molar-refractivity contribution < 1.29 is 27.9 Å². The Labute approximate surface area is 210 Å². The van der Waals surface area contributed by atoms with Gasteiger partial charge in [0, 0.05) is 61.6 Å². The summed E-state index contributed by atoms with van der Waals surface area (Å²) in [6.45, 7) is 5.65. The molecule has 0 atom stereocenters. The highest BCUT2D eigenvalue weighted by Gasteiger charge is 2.46. The summed E-state index contributed by atoms with van der Waals surface area (Å²) in [6, 6.07) is 5.76. The average molecular weight is 518 g/mol. The number of carboxylic acids is 1. The second-order valence-electron chi connectivity index (χ2n) is 9.46. The van der Waals surface area contributed by atoms with E-state index in [0.717, 1.165) is 48.9 Å². The summed E-state index contributed by atoms with van der Waals surface area (Å²) in [6.07, 6.45) is 3.94. The lowest BCUT2D eigenvalue weighted by Crippen LogP contribution is -2.52. The van der Waals surface area contributed by atoms with E-state index in [1.54, 1.807) is 4.90 Å². The number of pyridine rings is 2. The highest BCUT2D eigenvalue weighted by molar-refractivity contribution is 6.03. The molecule has 1 aliphatic carbocycles. The zero-order valence-corrected chi connectivity index (χ0v) is 20.0. The van der Waals surface area contributed by atoms with Gasteiger partial charge in [-0.25, -0.2) is 19.6 Å². The Morgan fingerprint density at radius 1 is 1.16 bits per heavy atom. The van der Waals surface area contributed by atoms with Crippen LogP contribution in [0.3, 0.4) is 0 Å². The van der Waals surface area contributed by atoms with Crippen molar-refractivity contribution in [2.75, 3.05) is 41.3 Å². The number of anilines is 3. The highest BCUT2D eigenvalue weighted by atomic mass is 19.4. The number of fused-ring (bicyclic) bond motifs is 2. The third kappa shape index (κ3) is 5.17. The number of nitrogens with one attached hydrogen (secondary N) is 2. The minimum absolute atomic E-state index is 0.145. The molecule has 6 rings (SSSR count). The van der Waals surface area contributed by atoms with Gasteiger partial charge in [-0.15, -0.1) is 0 Å². The molecule has 3 aromatic heterocycles. The second kappa shape index (κ2) is 9.21. The number of carbonyl (C=O) groups is 2. The lowest BCUT2D eigenvalue weighted by Gasteiger charge is -2.36. The molecule has 196 valence electrons. The standard InChI is InChI=1S/C22H25N7O.C2HF3O2/c1-15-12-28-13-16(2-3-19(28)25-15)26-21(30)29-10-5-17-18(4-8-23-20(17)29)27-11-9-24-22(14-27)6-7-22;3-2(4,5)1(6)7/h2-4,8,12-13,24H,5-7,9-11,14H2,1H3,(H,26,30);(H,6,7). The molecule has 10 nitrogen and oxygen atoms in total. The number of aromatic nitrogens is 3. The Morgan fingerprint density at radius 3 is 2.62 bits per heavy atom. The number of hydrogen-bond donors (Lipinski definition) is 3. The van der Waals surface area contributed by atoms with Crippen LogP contribution < -0.4 is 20.4 Å². The van der Waals surface area contributed by atoms with Gasteiger partial charge in [0.05, 0.1) is 11.4 Å². The molecule has 13 heteroatoms. The molecule has 3 N–H and O–H groups in total. The lowest BCUT2D eigenvalue weighted by atomic mass is 10.1. The van der Waals surface area contributed by atoms with Crippen molar-refractivity contribution in [2.45, 2.75) is 37.9 Å². The number of aliphatic carboxylic acids is 1. The van der Waals surface area contributed by atoms with E-state index in [-0.39, 0.29) is 6.03 Å². The number of aryl methyl sites for hydroxylation is 1.